The maximum absolute atomic E-state index is 13.4. The predicted octanol–water partition coefficient (Wildman–Crippen LogP) is 3.06. The second kappa shape index (κ2) is 6.04. The fourth-order valence-electron chi connectivity index (χ4n) is 2.28. The van der Waals surface area contributed by atoms with Gasteiger partial charge in [-0.3, -0.25) is 4.79 Å². The number of benzene rings is 2. The minimum Gasteiger partial charge on any atom is -0.496 e. The minimum atomic E-state index is -0.404. The molecule has 0 radical (unpaired) electrons. The molecule has 0 bridgehead atoms. The van der Waals surface area contributed by atoms with Gasteiger partial charge in [0.2, 0.25) is 0 Å². The minimum absolute atomic E-state index is 0.212. The molecule has 2 aromatic rings. The molecule has 3 rings (SSSR count). The summed E-state index contributed by atoms with van der Waals surface area (Å²) in [7, 11) is 1.49. The van der Waals surface area contributed by atoms with Crippen molar-refractivity contribution in [2.24, 2.45) is 4.99 Å². The molecule has 0 spiro atoms. The first kappa shape index (κ1) is 15.0. The van der Waals surface area contributed by atoms with Gasteiger partial charge in [-0.15, -0.1) is 0 Å². The maximum Gasteiger partial charge on any atom is 0.275 e. The Bertz CT molecular complexity index is 823. The van der Waals surface area contributed by atoms with E-state index in [0.29, 0.717) is 17.1 Å². The first-order valence-corrected chi connectivity index (χ1v) is 7.09. The molecule has 0 saturated carbocycles. The molecule has 0 fully saturated rings. The average Bonchev–Trinajstić information content (AvgIpc) is 2.89. The lowest BCUT2D eigenvalue weighted by atomic mass is 10.1. The van der Waals surface area contributed by atoms with Crippen molar-refractivity contribution in [3.05, 3.63) is 70.7 Å². The van der Waals surface area contributed by atoms with E-state index in [1.807, 2.05) is 31.2 Å². The molecule has 1 N–H and O–H groups in total. The van der Waals surface area contributed by atoms with Crippen molar-refractivity contribution in [1.29, 1.82) is 0 Å². The number of hydrogen-bond donors (Lipinski definition) is 1. The van der Waals surface area contributed by atoms with Gasteiger partial charge in [0.05, 0.1) is 7.11 Å². The summed E-state index contributed by atoms with van der Waals surface area (Å²) in [6.07, 6.45) is 1.51. The molecule has 23 heavy (non-hydrogen) atoms. The van der Waals surface area contributed by atoms with E-state index in [1.54, 1.807) is 0 Å². The van der Waals surface area contributed by atoms with E-state index in [4.69, 9.17) is 4.74 Å². The normalized spacial score (nSPS) is 15.5. The standard InChI is InChI=1S/C18H15FN2O2/c1-11-3-5-12(6-4-11)17-20-15(18(22)21-17)10-13-9-14(19)7-8-16(13)23-2/h3-10H,1-2H3,(H,20,21,22)/b15-10+. The van der Waals surface area contributed by atoms with Gasteiger partial charge in [-0.25, -0.2) is 9.38 Å². The fourth-order valence-corrected chi connectivity index (χ4v) is 2.28. The smallest absolute Gasteiger partial charge is 0.275 e. The fraction of sp³-hybridized carbons (Fsp3) is 0.111. The molecule has 0 unspecified atom stereocenters. The Morgan fingerprint density at radius 3 is 2.61 bits per heavy atom. The van der Waals surface area contributed by atoms with Crippen molar-refractivity contribution in [3.8, 4) is 5.75 Å². The summed E-state index contributed by atoms with van der Waals surface area (Å²) in [6, 6.07) is 11.8. The van der Waals surface area contributed by atoms with Crippen LogP contribution >= 0.6 is 0 Å². The average molecular weight is 310 g/mol. The quantitative estimate of drug-likeness (QED) is 0.886. The molecule has 2 aromatic carbocycles. The molecule has 1 aliphatic rings. The van der Waals surface area contributed by atoms with Crippen LogP contribution in [0.5, 0.6) is 5.75 Å². The van der Waals surface area contributed by atoms with E-state index >= 15 is 0 Å². The van der Waals surface area contributed by atoms with Crippen molar-refractivity contribution in [3.63, 3.8) is 0 Å². The molecule has 0 aromatic heterocycles. The van der Waals surface area contributed by atoms with Crippen molar-refractivity contribution in [2.45, 2.75) is 6.92 Å². The van der Waals surface area contributed by atoms with Gasteiger partial charge in [-0.1, -0.05) is 29.8 Å². The third-order valence-corrected chi connectivity index (χ3v) is 3.51. The summed E-state index contributed by atoms with van der Waals surface area (Å²) in [5, 5.41) is 2.72. The zero-order valence-corrected chi connectivity index (χ0v) is 12.8. The highest BCUT2D eigenvalue weighted by atomic mass is 19.1. The molecular weight excluding hydrogens is 295 g/mol. The van der Waals surface area contributed by atoms with Gasteiger partial charge in [0.1, 0.15) is 23.1 Å². The van der Waals surface area contributed by atoms with Gasteiger partial charge < -0.3 is 10.1 Å². The number of amidine groups is 1. The molecule has 0 aliphatic carbocycles. The monoisotopic (exact) mass is 310 g/mol. The van der Waals surface area contributed by atoms with Gasteiger partial charge >= 0.3 is 0 Å². The van der Waals surface area contributed by atoms with Crippen molar-refractivity contribution >= 4 is 17.8 Å². The number of nitrogens with zero attached hydrogens (tertiary/aromatic N) is 1. The van der Waals surface area contributed by atoms with E-state index in [2.05, 4.69) is 10.3 Å². The van der Waals surface area contributed by atoms with Gasteiger partial charge in [0.15, 0.2) is 0 Å². The van der Waals surface area contributed by atoms with Crippen molar-refractivity contribution in [2.75, 3.05) is 7.11 Å². The molecular formula is C18H15FN2O2. The highest BCUT2D eigenvalue weighted by molar-refractivity contribution is 6.19. The van der Waals surface area contributed by atoms with Crippen LogP contribution in [0.4, 0.5) is 4.39 Å². The van der Waals surface area contributed by atoms with Crippen LogP contribution in [0.1, 0.15) is 16.7 Å². The SMILES string of the molecule is COc1ccc(F)cc1/C=C1/N=C(c2ccc(C)cc2)NC1=O. The third-order valence-electron chi connectivity index (χ3n) is 3.51. The lowest BCUT2D eigenvalue weighted by molar-refractivity contribution is -0.115. The molecule has 4 nitrogen and oxygen atoms in total. The van der Waals surface area contributed by atoms with Gasteiger partial charge in [-0.2, -0.15) is 0 Å². The van der Waals surface area contributed by atoms with Crippen molar-refractivity contribution in [1.82, 2.24) is 5.32 Å². The maximum atomic E-state index is 13.4. The Morgan fingerprint density at radius 1 is 1.17 bits per heavy atom. The van der Waals surface area contributed by atoms with Crippen LogP contribution in [-0.4, -0.2) is 18.9 Å². The number of aliphatic imine (C=N–C) groups is 1. The highest BCUT2D eigenvalue weighted by Crippen LogP contribution is 2.24. The Balaban J connectivity index is 1.98. The Hall–Kier alpha value is -2.95. The number of hydrogen-bond acceptors (Lipinski definition) is 3. The number of carbonyl (C=O) groups excluding carboxylic acids is 1. The number of nitrogens with one attached hydrogen (secondary N) is 1. The van der Waals surface area contributed by atoms with Gasteiger partial charge in [-0.05, 0) is 31.2 Å². The first-order chi connectivity index (χ1) is 11.1. The van der Waals surface area contributed by atoms with E-state index in [9.17, 15) is 9.18 Å². The van der Waals surface area contributed by atoms with E-state index in [-0.39, 0.29) is 11.6 Å². The van der Waals surface area contributed by atoms with Crippen LogP contribution in [0.15, 0.2) is 53.2 Å². The number of ether oxygens (including phenoxy) is 1. The molecule has 0 saturated heterocycles. The summed E-state index contributed by atoms with van der Waals surface area (Å²) >= 11 is 0. The van der Waals surface area contributed by atoms with Crippen LogP contribution in [0.2, 0.25) is 0 Å². The predicted molar refractivity (Wildman–Crippen MR) is 86.8 cm³/mol. The molecule has 1 amide bonds. The second-order valence-electron chi connectivity index (χ2n) is 5.20. The van der Waals surface area contributed by atoms with Crippen molar-refractivity contribution < 1.29 is 13.9 Å². The second-order valence-corrected chi connectivity index (χ2v) is 5.20. The van der Waals surface area contributed by atoms with E-state index in [0.717, 1.165) is 11.1 Å². The number of halogens is 1. The van der Waals surface area contributed by atoms with Gasteiger partial charge in [0, 0.05) is 11.1 Å². The lowest BCUT2D eigenvalue weighted by Gasteiger charge is -2.04. The topological polar surface area (TPSA) is 50.7 Å². The van der Waals surface area contributed by atoms with Crippen LogP contribution in [0, 0.1) is 12.7 Å². The molecule has 1 heterocycles. The van der Waals surface area contributed by atoms with Gasteiger partial charge in [0.25, 0.3) is 5.91 Å². The zero-order valence-electron chi connectivity index (χ0n) is 12.8. The first-order valence-electron chi connectivity index (χ1n) is 7.09. The number of methoxy groups -OCH3 is 1. The lowest BCUT2D eigenvalue weighted by Crippen LogP contribution is -2.24. The number of aryl methyl sites for hydroxylation is 1. The number of rotatable bonds is 3. The Labute approximate surface area is 133 Å². The third kappa shape index (κ3) is 3.13. The largest absolute Gasteiger partial charge is 0.496 e. The van der Waals surface area contributed by atoms with Crippen LogP contribution in [-0.2, 0) is 4.79 Å². The Kier molecular flexibility index (Phi) is 3.93. The summed E-state index contributed by atoms with van der Waals surface area (Å²) in [6.45, 7) is 1.99. The summed E-state index contributed by atoms with van der Waals surface area (Å²) in [5.41, 5.74) is 2.62. The van der Waals surface area contributed by atoms with E-state index in [1.165, 1.54) is 31.4 Å². The molecule has 5 heteroatoms. The summed E-state index contributed by atoms with van der Waals surface area (Å²) in [5.74, 6) is 0.230. The summed E-state index contributed by atoms with van der Waals surface area (Å²) < 4.78 is 18.6. The van der Waals surface area contributed by atoms with Crippen LogP contribution < -0.4 is 10.1 Å². The van der Waals surface area contributed by atoms with Crippen LogP contribution in [0.3, 0.4) is 0 Å². The van der Waals surface area contributed by atoms with Crippen LogP contribution in [0.25, 0.3) is 6.08 Å². The molecule has 0 atom stereocenters. The highest BCUT2D eigenvalue weighted by Gasteiger charge is 2.21. The number of amides is 1. The number of carbonyl (C=O) groups is 1. The summed E-state index contributed by atoms with van der Waals surface area (Å²) in [4.78, 5) is 16.4. The molecule has 1 aliphatic heterocycles. The molecule has 116 valence electrons. The Morgan fingerprint density at radius 2 is 1.91 bits per heavy atom. The van der Waals surface area contributed by atoms with E-state index < -0.39 is 5.82 Å². The zero-order chi connectivity index (χ0) is 16.4.